The molecule has 3 heteroatoms. The van der Waals surface area contributed by atoms with Gasteiger partial charge in [-0.05, 0) is 37.5 Å². The van der Waals surface area contributed by atoms with E-state index in [1.165, 1.54) is 88.3 Å². The summed E-state index contributed by atoms with van der Waals surface area (Å²) in [5, 5.41) is 0. The second-order valence-electron chi connectivity index (χ2n) is 10.4. The summed E-state index contributed by atoms with van der Waals surface area (Å²) in [6, 6.07) is 0. The maximum atomic E-state index is 13.4. The van der Waals surface area contributed by atoms with Crippen molar-refractivity contribution in [1.82, 2.24) is 5.43 Å². The molecular weight excluding hydrogens is 332 g/mol. The molecule has 0 amide bonds. The van der Waals surface area contributed by atoms with Crippen LogP contribution in [-0.2, 0) is 0 Å². The summed E-state index contributed by atoms with van der Waals surface area (Å²) >= 11 is 0. The Labute approximate surface area is 167 Å². The normalized spacial score (nSPS) is 28.0. The lowest BCUT2D eigenvalue weighted by Crippen LogP contribution is -2.60. The van der Waals surface area contributed by atoms with Crippen LogP contribution in [0.2, 0.25) is 0 Å². The molecule has 2 saturated carbocycles. The third-order valence-corrected chi connectivity index (χ3v) is 8.08. The van der Waals surface area contributed by atoms with Gasteiger partial charge in [0, 0.05) is 24.2 Å². The van der Waals surface area contributed by atoms with Gasteiger partial charge in [0.25, 0.3) is 0 Å². The second-order valence-corrected chi connectivity index (χ2v) is 10.4. The van der Waals surface area contributed by atoms with Crippen molar-refractivity contribution >= 4 is 0 Å². The average Bonchev–Trinajstić information content (AvgIpc) is 2.93. The number of nitroso groups, excluding NO2 is 1. The summed E-state index contributed by atoms with van der Waals surface area (Å²) in [5.74, 6) is 0.441. The smallest absolute Gasteiger partial charge is 0.128 e. The van der Waals surface area contributed by atoms with Crippen LogP contribution in [0.4, 0.5) is 0 Å². The quantitative estimate of drug-likeness (QED) is 0.412. The molecule has 1 aliphatic heterocycles. The van der Waals surface area contributed by atoms with Crippen molar-refractivity contribution in [2.24, 2.45) is 16.7 Å². The van der Waals surface area contributed by atoms with Crippen molar-refractivity contribution in [2.75, 3.05) is 0 Å². The number of nitrogens with zero attached hydrogens (tertiary/aromatic N) is 1. The molecule has 0 bridgehead atoms. The second kappa shape index (κ2) is 8.66. The number of hydrogen-bond donors (Lipinski definition) is 1. The van der Waals surface area contributed by atoms with E-state index in [-0.39, 0.29) is 16.4 Å². The van der Waals surface area contributed by atoms with Crippen molar-refractivity contribution in [2.45, 2.75) is 123 Å². The number of rotatable bonds is 5. The maximum absolute atomic E-state index is 13.4. The molecule has 2 aliphatic carbocycles. The van der Waals surface area contributed by atoms with Gasteiger partial charge in [0.05, 0.1) is 11.1 Å². The van der Waals surface area contributed by atoms with Crippen LogP contribution in [0.25, 0.3) is 0 Å². The Hall–Kier alpha value is -0.860. The number of hydrogen-bond acceptors (Lipinski definition) is 1. The molecule has 1 heterocycles. The van der Waals surface area contributed by atoms with E-state index >= 15 is 0 Å². The zero-order chi connectivity index (χ0) is 19.4. The lowest BCUT2D eigenvalue weighted by molar-refractivity contribution is -0.686. The van der Waals surface area contributed by atoms with Crippen LogP contribution < -0.4 is 5.43 Å². The molecule has 3 nitrogen and oxygen atoms in total. The van der Waals surface area contributed by atoms with Gasteiger partial charge >= 0.3 is 0 Å². The van der Waals surface area contributed by atoms with E-state index in [1.807, 2.05) is 6.20 Å². The summed E-state index contributed by atoms with van der Waals surface area (Å²) in [4.78, 5) is 14.8. The van der Waals surface area contributed by atoms with E-state index in [9.17, 15) is 4.91 Å². The fraction of sp³-hybridized carbons (Fsp3) is 0.917. The van der Waals surface area contributed by atoms with Gasteiger partial charge in [-0.2, -0.15) is 0 Å². The molecule has 0 saturated heterocycles. The van der Waals surface area contributed by atoms with Gasteiger partial charge in [0.15, 0.2) is 0 Å². The Balaban J connectivity index is 2.05. The molecule has 154 valence electrons. The first-order valence-electron chi connectivity index (χ1n) is 11.9. The van der Waals surface area contributed by atoms with Crippen molar-refractivity contribution < 1.29 is 4.87 Å². The SMILES string of the molecule is CCCCCC(C)(C)C1C2(C=CN[N+](=O)C13CCCCC3)CCCCCC2. The fourth-order valence-corrected chi connectivity index (χ4v) is 7.13. The predicted molar refractivity (Wildman–Crippen MR) is 113 cm³/mol. The lowest BCUT2D eigenvalue weighted by Gasteiger charge is -2.52. The van der Waals surface area contributed by atoms with Crippen molar-refractivity contribution in [3.05, 3.63) is 17.2 Å². The van der Waals surface area contributed by atoms with E-state index in [0.29, 0.717) is 5.92 Å². The summed E-state index contributed by atoms with van der Waals surface area (Å²) in [6.45, 7) is 7.27. The Bertz CT molecular complexity index is 522. The van der Waals surface area contributed by atoms with E-state index in [2.05, 4.69) is 32.3 Å². The maximum Gasteiger partial charge on any atom is 0.247 e. The number of hydrazine groups is 1. The van der Waals surface area contributed by atoms with Gasteiger partial charge in [-0.15, -0.1) is 5.43 Å². The van der Waals surface area contributed by atoms with Crippen molar-refractivity contribution in [3.63, 3.8) is 0 Å². The Morgan fingerprint density at radius 3 is 2.19 bits per heavy atom. The highest BCUT2D eigenvalue weighted by molar-refractivity contribution is 5.14. The van der Waals surface area contributed by atoms with Gasteiger partial charge in [0.2, 0.25) is 5.54 Å². The van der Waals surface area contributed by atoms with Gasteiger partial charge in [-0.25, -0.2) is 0 Å². The van der Waals surface area contributed by atoms with Crippen LogP contribution in [0.5, 0.6) is 0 Å². The van der Waals surface area contributed by atoms with E-state index < -0.39 is 0 Å². The third kappa shape index (κ3) is 4.12. The molecule has 1 atom stereocenters. The van der Waals surface area contributed by atoms with Gasteiger partial charge in [-0.3, -0.25) is 0 Å². The Morgan fingerprint density at radius 1 is 0.963 bits per heavy atom. The van der Waals surface area contributed by atoms with Crippen LogP contribution in [0.3, 0.4) is 0 Å². The van der Waals surface area contributed by atoms with Gasteiger partial charge in [0.1, 0.15) is 4.87 Å². The van der Waals surface area contributed by atoms with Crippen LogP contribution in [0.1, 0.15) is 117 Å². The first-order chi connectivity index (χ1) is 13.0. The highest BCUT2D eigenvalue weighted by Crippen LogP contribution is 2.60. The molecule has 2 spiro atoms. The first kappa shape index (κ1) is 20.9. The number of unbranched alkanes of at least 4 members (excludes halogenated alkanes) is 2. The number of nitrogens with one attached hydrogen (secondary N) is 1. The minimum absolute atomic E-state index is 0.190. The molecule has 0 radical (unpaired) electrons. The van der Waals surface area contributed by atoms with Crippen molar-refractivity contribution in [1.29, 1.82) is 0 Å². The van der Waals surface area contributed by atoms with Crippen LogP contribution in [-0.4, -0.2) is 10.4 Å². The molecular formula is C24H43N2O+. The average molecular weight is 376 g/mol. The molecule has 1 unspecified atom stereocenters. The first-order valence-corrected chi connectivity index (χ1v) is 11.9. The van der Waals surface area contributed by atoms with E-state index in [1.54, 1.807) is 0 Å². The minimum Gasteiger partial charge on any atom is -0.128 e. The molecule has 1 N–H and O–H groups in total. The Kier molecular flexibility index (Phi) is 6.69. The molecule has 3 rings (SSSR count). The summed E-state index contributed by atoms with van der Waals surface area (Å²) < 4.78 is 0. The van der Waals surface area contributed by atoms with Gasteiger partial charge in [-0.1, -0.05) is 78.2 Å². The summed E-state index contributed by atoms with van der Waals surface area (Å²) in [7, 11) is 0. The summed E-state index contributed by atoms with van der Waals surface area (Å²) in [6.07, 6.45) is 23.3. The predicted octanol–water partition coefficient (Wildman–Crippen LogP) is 7.06. The number of allylic oxidation sites excluding steroid dienone is 1. The standard InChI is InChI=1S/C24H43N2O/c1-4-5-9-14-22(2,3)21-23(15-10-6-7-11-16-23)19-20-25-26(27)24(21)17-12-8-13-18-24/h19-21H,4-18H2,1-3H3,(H,25,27)/q+1. The highest BCUT2D eigenvalue weighted by Gasteiger charge is 2.65. The summed E-state index contributed by atoms with van der Waals surface area (Å²) in [5.41, 5.74) is 3.31. The third-order valence-electron chi connectivity index (χ3n) is 8.08. The molecule has 2 fully saturated rings. The van der Waals surface area contributed by atoms with Crippen molar-refractivity contribution in [3.8, 4) is 0 Å². The molecule has 0 aromatic rings. The largest absolute Gasteiger partial charge is 0.247 e. The van der Waals surface area contributed by atoms with Crippen LogP contribution in [0, 0.1) is 21.7 Å². The zero-order valence-corrected chi connectivity index (χ0v) is 18.2. The Morgan fingerprint density at radius 2 is 1.56 bits per heavy atom. The van der Waals surface area contributed by atoms with Crippen LogP contribution >= 0.6 is 0 Å². The van der Waals surface area contributed by atoms with E-state index in [4.69, 9.17) is 0 Å². The zero-order valence-electron chi connectivity index (χ0n) is 18.2. The highest BCUT2D eigenvalue weighted by atomic mass is 16.3. The molecule has 0 aromatic carbocycles. The van der Waals surface area contributed by atoms with Gasteiger partial charge < -0.3 is 0 Å². The lowest BCUT2D eigenvalue weighted by atomic mass is 9.50. The minimum atomic E-state index is -0.234. The molecule has 27 heavy (non-hydrogen) atoms. The van der Waals surface area contributed by atoms with E-state index in [0.717, 1.165) is 12.8 Å². The molecule has 3 aliphatic rings. The monoisotopic (exact) mass is 375 g/mol. The van der Waals surface area contributed by atoms with Crippen LogP contribution in [0.15, 0.2) is 12.3 Å². The topological polar surface area (TPSA) is 32.1 Å². The molecule has 0 aromatic heterocycles. The fourth-order valence-electron chi connectivity index (χ4n) is 7.13.